The molecule has 0 aliphatic heterocycles. The van der Waals surface area contributed by atoms with Crippen LogP contribution in [0.25, 0.3) is 0 Å². The van der Waals surface area contributed by atoms with E-state index in [0.29, 0.717) is 0 Å². The van der Waals surface area contributed by atoms with Gasteiger partial charge in [-0.05, 0) is 30.3 Å². The van der Waals surface area contributed by atoms with Crippen LogP contribution >= 0.6 is 11.6 Å². The molecule has 25 heavy (non-hydrogen) atoms. The van der Waals surface area contributed by atoms with Gasteiger partial charge in [0.2, 0.25) is 0 Å². The van der Waals surface area contributed by atoms with Crippen molar-refractivity contribution in [2.24, 2.45) is 0 Å². The summed E-state index contributed by atoms with van der Waals surface area (Å²) < 4.78 is 30.5. The molecule has 2 N–H and O–H groups in total. The third-order valence-corrected chi connectivity index (χ3v) is 3.35. The predicted molar refractivity (Wildman–Crippen MR) is 86.4 cm³/mol. The van der Waals surface area contributed by atoms with Crippen LogP contribution in [0.3, 0.4) is 0 Å². The van der Waals surface area contributed by atoms with Crippen LogP contribution in [0.4, 0.5) is 20.2 Å². The molecule has 130 valence electrons. The molecule has 0 heterocycles. The van der Waals surface area contributed by atoms with Gasteiger partial charge in [0, 0.05) is 11.8 Å². The van der Waals surface area contributed by atoms with Gasteiger partial charge in [-0.15, -0.1) is 0 Å². The summed E-state index contributed by atoms with van der Waals surface area (Å²) in [6, 6.07) is 6.58. The molecule has 9 heteroatoms. The minimum Gasteiger partial charge on any atom is -0.465 e. The highest BCUT2D eigenvalue weighted by molar-refractivity contribution is 6.44. The highest BCUT2D eigenvalue weighted by Crippen LogP contribution is 2.23. The van der Waals surface area contributed by atoms with Crippen molar-refractivity contribution in [1.82, 2.24) is 0 Å². The van der Waals surface area contributed by atoms with Gasteiger partial charge >= 0.3 is 17.8 Å². The highest BCUT2D eigenvalue weighted by Gasteiger charge is 2.17. The summed E-state index contributed by atoms with van der Waals surface area (Å²) in [7, 11) is 1.18. The third-order valence-electron chi connectivity index (χ3n) is 3.02. The Morgan fingerprint density at radius 2 is 1.64 bits per heavy atom. The summed E-state index contributed by atoms with van der Waals surface area (Å²) in [6.45, 7) is 0. The minimum absolute atomic E-state index is 0.00926. The van der Waals surface area contributed by atoms with Crippen molar-refractivity contribution in [1.29, 1.82) is 0 Å². The van der Waals surface area contributed by atoms with Crippen molar-refractivity contribution in [3.8, 4) is 0 Å². The van der Waals surface area contributed by atoms with Crippen LogP contribution in [-0.4, -0.2) is 24.9 Å². The monoisotopic (exact) mass is 368 g/mol. The summed E-state index contributed by atoms with van der Waals surface area (Å²) in [6.07, 6.45) is 0. The molecule has 0 atom stereocenters. The van der Waals surface area contributed by atoms with Crippen LogP contribution < -0.4 is 10.6 Å². The number of halogens is 3. The quantitative estimate of drug-likeness (QED) is 0.644. The Labute approximate surface area is 145 Å². The molecular weight excluding hydrogens is 358 g/mol. The summed E-state index contributed by atoms with van der Waals surface area (Å²) >= 11 is 5.90. The van der Waals surface area contributed by atoms with E-state index in [1.54, 1.807) is 0 Å². The predicted octanol–water partition coefficient (Wildman–Crippen LogP) is 2.98. The van der Waals surface area contributed by atoms with Gasteiger partial charge < -0.3 is 15.4 Å². The Hall–Kier alpha value is -3.00. The smallest absolute Gasteiger partial charge is 0.337 e. The maximum Gasteiger partial charge on any atom is 0.337 e. The van der Waals surface area contributed by atoms with Crippen molar-refractivity contribution in [3.05, 3.63) is 58.6 Å². The number of carbonyl (C=O) groups is 3. The van der Waals surface area contributed by atoms with Crippen molar-refractivity contribution in [3.63, 3.8) is 0 Å². The van der Waals surface area contributed by atoms with E-state index in [1.165, 1.54) is 25.3 Å². The van der Waals surface area contributed by atoms with E-state index in [4.69, 9.17) is 11.6 Å². The number of benzene rings is 2. The van der Waals surface area contributed by atoms with Crippen LogP contribution in [0.1, 0.15) is 10.4 Å². The number of carbonyl (C=O) groups excluding carboxylic acids is 3. The first-order valence-corrected chi connectivity index (χ1v) is 7.15. The zero-order valence-electron chi connectivity index (χ0n) is 12.7. The molecule has 2 rings (SSSR count). The molecule has 2 aromatic carbocycles. The molecule has 0 fully saturated rings. The first-order valence-electron chi connectivity index (χ1n) is 6.77. The molecule has 0 unspecified atom stereocenters. The Morgan fingerprint density at radius 1 is 0.960 bits per heavy atom. The topological polar surface area (TPSA) is 84.5 Å². The largest absolute Gasteiger partial charge is 0.465 e. The number of rotatable bonds is 3. The van der Waals surface area contributed by atoms with Crippen molar-refractivity contribution >= 4 is 40.8 Å². The summed E-state index contributed by atoms with van der Waals surface area (Å²) in [5, 5.41) is 4.41. The SMILES string of the molecule is COC(=O)c1ccc(Cl)c(NC(=O)C(=O)Nc2ccc(F)c(F)c2)c1. The van der Waals surface area contributed by atoms with Gasteiger partial charge in [0.1, 0.15) is 0 Å². The van der Waals surface area contributed by atoms with E-state index in [1.807, 2.05) is 0 Å². The molecular formula is C16H11ClF2N2O4. The molecule has 0 aliphatic carbocycles. The minimum atomic E-state index is -1.17. The lowest BCUT2D eigenvalue weighted by Crippen LogP contribution is -2.29. The van der Waals surface area contributed by atoms with Crippen LogP contribution in [0.15, 0.2) is 36.4 Å². The molecule has 0 radical (unpaired) electrons. The lowest BCUT2D eigenvalue weighted by molar-refractivity contribution is -0.133. The normalized spacial score (nSPS) is 10.1. The Morgan fingerprint density at radius 3 is 2.28 bits per heavy atom. The fourth-order valence-electron chi connectivity index (χ4n) is 1.81. The molecule has 0 spiro atoms. The number of methoxy groups -OCH3 is 1. The van der Waals surface area contributed by atoms with Gasteiger partial charge in [-0.25, -0.2) is 13.6 Å². The second-order valence-corrected chi connectivity index (χ2v) is 5.13. The van der Waals surface area contributed by atoms with Crippen molar-refractivity contribution < 1.29 is 27.9 Å². The van der Waals surface area contributed by atoms with Crippen LogP contribution in [-0.2, 0) is 14.3 Å². The number of hydrogen-bond acceptors (Lipinski definition) is 4. The number of anilines is 2. The molecule has 2 aromatic rings. The summed E-state index contributed by atoms with van der Waals surface area (Å²) in [5.74, 6) is -5.17. The summed E-state index contributed by atoms with van der Waals surface area (Å²) in [4.78, 5) is 35.2. The van der Waals surface area contributed by atoms with E-state index < -0.39 is 29.4 Å². The lowest BCUT2D eigenvalue weighted by atomic mass is 10.2. The number of amides is 2. The molecule has 0 bridgehead atoms. The summed E-state index contributed by atoms with van der Waals surface area (Å²) in [5.41, 5.74) is 0.0201. The Bertz CT molecular complexity index is 858. The Balaban J connectivity index is 2.11. The number of ether oxygens (including phenoxy) is 1. The number of esters is 1. The fraction of sp³-hybridized carbons (Fsp3) is 0.0625. The maximum atomic E-state index is 13.1. The Kier molecular flexibility index (Phi) is 5.66. The zero-order valence-corrected chi connectivity index (χ0v) is 13.5. The van der Waals surface area contributed by atoms with Crippen molar-refractivity contribution in [2.75, 3.05) is 17.7 Å². The van der Waals surface area contributed by atoms with Crippen LogP contribution in [0, 0.1) is 11.6 Å². The highest BCUT2D eigenvalue weighted by atomic mass is 35.5. The van der Waals surface area contributed by atoms with Gasteiger partial charge in [0.15, 0.2) is 11.6 Å². The average molecular weight is 369 g/mol. The lowest BCUT2D eigenvalue weighted by Gasteiger charge is -2.09. The molecule has 0 saturated carbocycles. The van der Waals surface area contributed by atoms with E-state index in [0.717, 1.165) is 18.2 Å². The maximum absolute atomic E-state index is 13.1. The molecule has 0 aliphatic rings. The van der Waals surface area contributed by atoms with E-state index >= 15 is 0 Å². The standard InChI is InChI=1S/C16H11ClF2N2O4/c1-25-16(24)8-2-4-10(17)13(6-8)21-15(23)14(22)20-9-3-5-11(18)12(19)7-9/h2-7H,1H3,(H,20,22)(H,21,23). The fourth-order valence-corrected chi connectivity index (χ4v) is 1.97. The molecule has 2 amide bonds. The first kappa shape index (κ1) is 18.3. The van der Waals surface area contributed by atoms with Crippen LogP contribution in [0.5, 0.6) is 0 Å². The number of hydrogen-bond donors (Lipinski definition) is 2. The van der Waals surface area contributed by atoms with Gasteiger partial charge in [-0.3, -0.25) is 9.59 Å². The third kappa shape index (κ3) is 4.51. The average Bonchev–Trinajstić information content (AvgIpc) is 2.59. The van der Waals surface area contributed by atoms with E-state index in [-0.39, 0.29) is 22.0 Å². The van der Waals surface area contributed by atoms with Crippen LogP contribution in [0.2, 0.25) is 5.02 Å². The molecule has 0 saturated heterocycles. The zero-order chi connectivity index (χ0) is 18.6. The van der Waals surface area contributed by atoms with Crippen molar-refractivity contribution in [2.45, 2.75) is 0 Å². The second-order valence-electron chi connectivity index (χ2n) is 4.72. The van der Waals surface area contributed by atoms with Gasteiger partial charge in [-0.1, -0.05) is 11.6 Å². The van der Waals surface area contributed by atoms with Gasteiger partial charge in [0.05, 0.1) is 23.4 Å². The van der Waals surface area contributed by atoms with Gasteiger partial charge in [0.25, 0.3) is 0 Å². The van der Waals surface area contributed by atoms with Gasteiger partial charge in [-0.2, -0.15) is 0 Å². The first-order chi connectivity index (χ1) is 11.8. The van der Waals surface area contributed by atoms with E-state index in [9.17, 15) is 23.2 Å². The molecule has 6 nitrogen and oxygen atoms in total. The van der Waals surface area contributed by atoms with E-state index in [2.05, 4.69) is 15.4 Å². The second kappa shape index (κ2) is 7.71. The molecule has 0 aromatic heterocycles. The number of nitrogens with one attached hydrogen (secondary N) is 2.